The summed E-state index contributed by atoms with van der Waals surface area (Å²) in [6, 6.07) is 78.3. The van der Waals surface area contributed by atoms with Crippen LogP contribution in [0.2, 0.25) is 0 Å². The summed E-state index contributed by atoms with van der Waals surface area (Å²) in [5.41, 5.74) is 13.1. The summed E-state index contributed by atoms with van der Waals surface area (Å²) < 4.78 is 0. The van der Waals surface area contributed by atoms with Crippen LogP contribution in [0.4, 0.5) is 17.1 Å². The number of fused-ring (bicyclic) bond motifs is 3. The Morgan fingerprint density at radius 1 is 0.315 bits per heavy atom. The molecule has 1 aliphatic rings. The van der Waals surface area contributed by atoms with Gasteiger partial charge in [0.05, 0.1) is 5.41 Å². The van der Waals surface area contributed by atoms with Crippen LogP contribution in [0.3, 0.4) is 0 Å². The molecule has 11 rings (SSSR count). The minimum absolute atomic E-state index is 0.518. The second-order valence-corrected chi connectivity index (χ2v) is 14.4. The van der Waals surface area contributed by atoms with Crippen molar-refractivity contribution in [1.82, 2.24) is 0 Å². The molecule has 1 nitrogen and oxygen atoms in total. The third kappa shape index (κ3) is 4.45. The Balaban J connectivity index is 1.15. The highest BCUT2D eigenvalue weighted by Crippen LogP contribution is 2.57. The predicted molar refractivity (Wildman–Crippen MR) is 228 cm³/mol. The molecule has 0 fully saturated rings. The average molecular weight is 686 g/mol. The van der Waals surface area contributed by atoms with Gasteiger partial charge in [-0.3, -0.25) is 0 Å². The Bertz CT molecular complexity index is 2910. The molecule has 1 aliphatic carbocycles. The molecule has 0 spiro atoms. The summed E-state index contributed by atoms with van der Waals surface area (Å²) in [5, 5.41) is 7.85. The van der Waals surface area contributed by atoms with Gasteiger partial charge >= 0.3 is 0 Å². The van der Waals surface area contributed by atoms with E-state index >= 15 is 0 Å². The van der Waals surface area contributed by atoms with Crippen molar-refractivity contribution in [1.29, 1.82) is 0 Å². The fraction of sp³-hybridized carbons (Fsp3) is 0.0189. The zero-order valence-corrected chi connectivity index (χ0v) is 29.7. The molecule has 0 aromatic heterocycles. The predicted octanol–water partition coefficient (Wildman–Crippen LogP) is 14.1. The zero-order chi connectivity index (χ0) is 35.6. The number of para-hydroxylation sites is 2. The minimum Gasteiger partial charge on any atom is -0.311 e. The minimum atomic E-state index is -0.518. The van der Waals surface area contributed by atoms with Crippen molar-refractivity contribution in [3.8, 4) is 22.3 Å². The molecule has 0 saturated heterocycles. The Labute approximate surface area is 315 Å². The lowest BCUT2D eigenvalue weighted by Crippen LogP contribution is -2.28. The second-order valence-electron chi connectivity index (χ2n) is 14.4. The SMILES string of the molecule is c1ccc(N(c2ccccc2)c2ccc(C3(c4ccccc4)c4ccccc4-c4ccc(-c5ccc6ccc7cccc8ccc5c6c78)cc43)cc2)cc1. The van der Waals surface area contributed by atoms with Gasteiger partial charge in [-0.25, -0.2) is 0 Å². The summed E-state index contributed by atoms with van der Waals surface area (Å²) in [6.45, 7) is 0. The van der Waals surface area contributed by atoms with Crippen LogP contribution in [0, 0.1) is 0 Å². The zero-order valence-electron chi connectivity index (χ0n) is 29.7. The number of benzene rings is 10. The molecule has 10 aromatic rings. The third-order valence-electron chi connectivity index (χ3n) is 11.7. The molecule has 1 atom stereocenters. The molecule has 0 N–H and O–H groups in total. The van der Waals surface area contributed by atoms with Crippen LogP contribution in [0.5, 0.6) is 0 Å². The highest BCUT2D eigenvalue weighted by atomic mass is 15.1. The van der Waals surface area contributed by atoms with E-state index in [2.05, 4.69) is 217 Å². The van der Waals surface area contributed by atoms with E-state index in [1.54, 1.807) is 0 Å². The molecule has 0 radical (unpaired) electrons. The van der Waals surface area contributed by atoms with Crippen LogP contribution < -0.4 is 4.90 Å². The number of nitrogens with zero attached hydrogens (tertiary/aromatic N) is 1. The highest BCUT2D eigenvalue weighted by Gasteiger charge is 2.46. The van der Waals surface area contributed by atoms with E-state index in [0.29, 0.717) is 0 Å². The van der Waals surface area contributed by atoms with E-state index in [0.717, 1.165) is 17.1 Å². The Hall–Kier alpha value is -6.96. The smallest absolute Gasteiger partial charge is 0.0713 e. The number of rotatable bonds is 6. The Morgan fingerprint density at radius 2 is 0.833 bits per heavy atom. The van der Waals surface area contributed by atoms with Gasteiger partial charge in [0, 0.05) is 17.1 Å². The first-order chi connectivity index (χ1) is 26.8. The number of hydrogen-bond acceptors (Lipinski definition) is 1. The van der Waals surface area contributed by atoms with E-state index in [9.17, 15) is 0 Å². The first-order valence-electron chi connectivity index (χ1n) is 18.8. The van der Waals surface area contributed by atoms with Crippen LogP contribution in [0.1, 0.15) is 22.3 Å². The molecule has 0 saturated carbocycles. The normalized spacial score (nSPS) is 14.7. The molecule has 1 unspecified atom stereocenters. The molecular formula is C53H35N. The van der Waals surface area contributed by atoms with Gasteiger partial charge in [-0.05, 0) is 119 Å². The van der Waals surface area contributed by atoms with Gasteiger partial charge in [-0.1, -0.05) is 170 Å². The van der Waals surface area contributed by atoms with Crippen molar-refractivity contribution in [3.05, 3.63) is 235 Å². The van der Waals surface area contributed by atoms with Crippen molar-refractivity contribution >= 4 is 49.4 Å². The van der Waals surface area contributed by atoms with Gasteiger partial charge in [0.2, 0.25) is 0 Å². The Kier molecular flexibility index (Phi) is 6.84. The molecule has 0 aliphatic heterocycles. The molecule has 252 valence electrons. The van der Waals surface area contributed by atoms with E-state index in [4.69, 9.17) is 0 Å². The summed E-state index contributed by atoms with van der Waals surface area (Å²) in [5.74, 6) is 0. The topological polar surface area (TPSA) is 3.24 Å². The Morgan fingerprint density at radius 3 is 1.54 bits per heavy atom. The van der Waals surface area contributed by atoms with Crippen LogP contribution in [-0.4, -0.2) is 0 Å². The maximum atomic E-state index is 2.49. The maximum absolute atomic E-state index is 2.49. The molecule has 0 heterocycles. The monoisotopic (exact) mass is 685 g/mol. The van der Waals surface area contributed by atoms with Crippen LogP contribution in [-0.2, 0) is 5.41 Å². The lowest BCUT2D eigenvalue weighted by molar-refractivity contribution is 0.769. The van der Waals surface area contributed by atoms with Crippen LogP contribution >= 0.6 is 0 Å². The van der Waals surface area contributed by atoms with E-state index in [1.165, 1.54) is 76.8 Å². The first-order valence-corrected chi connectivity index (χ1v) is 18.8. The van der Waals surface area contributed by atoms with Crippen molar-refractivity contribution in [2.24, 2.45) is 0 Å². The second kappa shape index (κ2) is 12.0. The summed E-state index contributed by atoms with van der Waals surface area (Å²) >= 11 is 0. The van der Waals surface area contributed by atoms with Crippen LogP contribution in [0.25, 0.3) is 54.6 Å². The molecule has 0 amide bonds. The molecule has 54 heavy (non-hydrogen) atoms. The van der Waals surface area contributed by atoms with Crippen molar-refractivity contribution in [2.75, 3.05) is 4.90 Å². The van der Waals surface area contributed by atoms with Crippen LogP contribution in [0.15, 0.2) is 212 Å². The lowest BCUT2D eigenvalue weighted by atomic mass is 9.67. The third-order valence-corrected chi connectivity index (χ3v) is 11.7. The first kappa shape index (κ1) is 30.6. The average Bonchev–Trinajstić information content (AvgIpc) is 3.54. The maximum Gasteiger partial charge on any atom is 0.0713 e. The fourth-order valence-corrected chi connectivity index (χ4v) is 9.37. The van der Waals surface area contributed by atoms with Gasteiger partial charge < -0.3 is 4.90 Å². The summed E-state index contributed by atoms with van der Waals surface area (Å²) in [4.78, 5) is 2.33. The van der Waals surface area contributed by atoms with Crippen molar-refractivity contribution in [3.63, 3.8) is 0 Å². The van der Waals surface area contributed by atoms with Gasteiger partial charge in [0.1, 0.15) is 0 Å². The summed E-state index contributed by atoms with van der Waals surface area (Å²) in [7, 11) is 0. The standard InChI is InChI=1S/C53H35N/c1-4-15-40(16-5-1)53(41-28-30-44(31-29-41)54(42-17-6-2-7-18-42)43-19-8-3-9-20-43)49-22-11-10-21-46(49)47-33-27-39(35-50(47)53)45-32-25-38-24-23-36-13-12-14-37-26-34-48(45)52(38)51(36)37/h1-35H. The van der Waals surface area contributed by atoms with Gasteiger partial charge in [-0.2, -0.15) is 0 Å². The van der Waals surface area contributed by atoms with Gasteiger partial charge in [0.25, 0.3) is 0 Å². The lowest BCUT2D eigenvalue weighted by Gasteiger charge is -2.34. The number of anilines is 3. The highest BCUT2D eigenvalue weighted by molar-refractivity contribution is 6.25. The van der Waals surface area contributed by atoms with Crippen molar-refractivity contribution < 1.29 is 0 Å². The number of hydrogen-bond donors (Lipinski definition) is 0. The van der Waals surface area contributed by atoms with E-state index in [1.807, 2.05) is 0 Å². The van der Waals surface area contributed by atoms with Gasteiger partial charge in [-0.15, -0.1) is 0 Å². The fourth-order valence-electron chi connectivity index (χ4n) is 9.37. The quantitative estimate of drug-likeness (QED) is 0.158. The molecule has 10 aromatic carbocycles. The van der Waals surface area contributed by atoms with E-state index in [-0.39, 0.29) is 0 Å². The summed E-state index contributed by atoms with van der Waals surface area (Å²) in [6.07, 6.45) is 0. The molecule has 1 heteroatoms. The molecule has 0 bridgehead atoms. The van der Waals surface area contributed by atoms with E-state index < -0.39 is 5.41 Å². The van der Waals surface area contributed by atoms with Gasteiger partial charge in [0.15, 0.2) is 0 Å². The van der Waals surface area contributed by atoms with Crippen molar-refractivity contribution in [2.45, 2.75) is 5.41 Å². The largest absolute Gasteiger partial charge is 0.311 e. The molecular weight excluding hydrogens is 651 g/mol.